The highest BCUT2D eigenvalue weighted by atomic mass is 79.9. The SMILES string of the molecule is CC(C)CN1CCOC(CNC(=O)c2ccccc2C(=O)c2ccc(Br)cc2)C1. The number of carbonyl (C=O) groups excluding carboxylic acids is 2. The van der Waals surface area contributed by atoms with Crippen molar-refractivity contribution in [1.29, 1.82) is 0 Å². The molecule has 1 amide bonds. The Morgan fingerprint density at radius 1 is 1.14 bits per heavy atom. The maximum atomic E-state index is 12.9. The number of benzene rings is 2. The zero-order valence-electron chi connectivity index (χ0n) is 16.9. The predicted octanol–water partition coefficient (Wildman–Crippen LogP) is 3.77. The van der Waals surface area contributed by atoms with Crippen LogP contribution >= 0.6 is 15.9 Å². The summed E-state index contributed by atoms with van der Waals surface area (Å²) in [6.07, 6.45) is -0.0409. The fraction of sp³-hybridized carbons (Fsp3) is 0.391. The maximum Gasteiger partial charge on any atom is 0.252 e. The van der Waals surface area contributed by atoms with E-state index in [4.69, 9.17) is 4.74 Å². The average molecular weight is 459 g/mol. The first-order chi connectivity index (χ1) is 13.9. The first kappa shape index (κ1) is 21.7. The fourth-order valence-corrected chi connectivity index (χ4v) is 3.79. The normalized spacial score (nSPS) is 17.3. The number of carbonyl (C=O) groups is 2. The molecule has 1 aliphatic heterocycles. The zero-order chi connectivity index (χ0) is 20.8. The van der Waals surface area contributed by atoms with Gasteiger partial charge in [-0.3, -0.25) is 14.5 Å². The Balaban J connectivity index is 1.65. The third kappa shape index (κ3) is 5.98. The van der Waals surface area contributed by atoms with Crippen molar-refractivity contribution in [2.75, 3.05) is 32.8 Å². The van der Waals surface area contributed by atoms with Crippen molar-refractivity contribution in [2.45, 2.75) is 20.0 Å². The molecule has 1 aliphatic rings. The molecule has 154 valence electrons. The Bertz CT molecular complexity index is 851. The maximum absolute atomic E-state index is 12.9. The number of ether oxygens (including phenoxy) is 1. The molecule has 0 spiro atoms. The molecule has 1 unspecified atom stereocenters. The Morgan fingerprint density at radius 2 is 1.83 bits per heavy atom. The van der Waals surface area contributed by atoms with E-state index in [-0.39, 0.29) is 17.8 Å². The van der Waals surface area contributed by atoms with Gasteiger partial charge in [-0.25, -0.2) is 0 Å². The minimum Gasteiger partial charge on any atom is -0.374 e. The summed E-state index contributed by atoms with van der Waals surface area (Å²) >= 11 is 3.37. The lowest BCUT2D eigenvalue weighted by Gasteiger charge is -2.34. The lowest BCUT2D eigenvalue weighted by atomic mass is 9.98. The first-order valence-corrected chi connectivity index (χ1v) is 10.7. The van der Waals surface area contributed by atoms with Crippen molar-refractivity contribution in [3.8, 4) is 0 Å². The average Bonchev–Trinajstić information content (AvgIpc) is 2.72. The molecule has 0 aromatic heterocycles. The minimum atomic E-state index is -0.254. The summed E-state index contributed by atoms with van der Waals surface area (Å²) in [6.45, 7) is 8.25. The molecular weight excluding hydrogens is 432 g/mol. The van der Waals surface area contributed by atoms with Crippen molar-refractivity contribution in [3.63, 3.8) is 0 Å². The van der Waals surface area contributed by atoms with Crippen molar-refractivity contribution in [1.82, 2.24) is 10.2 Å². The quantitative estimate of drug-likeness (QED) is 0.641. The van der Waals surface area contributed by atoms with Crippen LogP contribution < -0.4 is 5.32 Å². The Labute approximate surface area is 180 Å². The number of morpholine rings is 1. The van der Waals surface area contributed by atoms with Gasteiger partial charge in [0.05, 0.1) is 18.3 Å². The number of nitrogens with one attached hydrogen (secondary N) is 1. The van der Waals surface area contributed by atoms with E-state index >= 15 is 0 Å². The largest absolute Gasteiger partial charge is 0.374 e. The van der Waals surface area contributed by atoms with Gasteiger partial charge in [0.25, 0.3) is 5.91 Å². The number of halogens is 1. The van der Waals surface area contributed by atoms with Crippen molar-refractivity contribution in [2.24, 2.45) is 5.92 Å². The second-order valence-corrected chi connectivity index (χ2v) is 8.65. The van der Waals surface area contributed by atoms with Crippen LogP contribution in [0, 0.1) is 5.92 Å². The van der Waals surface area contributed by atoms with Crippen molar-refractivity contribution < 1.29 is 14.3 Å². The van der Waals surface area contributed by atoms with Gasteiger partial charge in [-0.15, -0.1) is 0 Å². The van der Waals surface area contributed by atoms with E-state index in [9.17, 15) is 9.59 Å². The van der Waals surface area contributed by atoms with Gasteiger partial charge in [0.1, 0.15) is 0 Å². The van der Waals surface area contributed by atoms with Gasteiger partial charge in [0.15, 0.2) is 5.78 Å². The molecule has 0 aliphatic carbocycles. The van der Waals surface area contributed by atoms with Crippen LogP contribution in [0.2, 0.25) is 0 Å². The van der Waals surface area contributed by atoms with E-state index in [0.717, 1.165) is 24.1 Å². The summed E-state index contributed by atoms with van der Waals surface area (Å²) in [6, 6.07) is 14.1. The topological polar surface area (TPSA) is 58.6 Å². The minimum absolute atomic E-state index is 0.0409. The molecule has 0 bridgehead atoms. The predicted molar refractivity (Wildman–Crippen MR) is 117 cm³/mol. The fourth-order valence-electron chi connectivity index (χ4n) is 3.52. The van der Waals surface area contributed by atoms with Crippen LogP contribution in [0.5, 0.6) is 0 Å². The van der Waals surface area contributed by atoms with Gasteiger partial charge in [-0.05, 0) is 36.2 Å². The molecule has 6 heteroatoms. The van der Waals surface area contributed by atoms with Crippen LogP contribution in [0.4, 0.5) is 0 Å². The van der Waals surface area contributed by atoms with E-state index in [1.807, 2.05) is 12.1 Å². The van der Waals surface area contributed by atoms with Gasteiger partial charge in [-0.2, -0.15) is 0 Å². The standard InChI is InChI=1S/C23H27BrN2O3/c1-16(2)14-26-11-12-29-19(15-26)13-25-23(28)21-6-4-3-5-20(21)22(27)17-7-9-18(24)10-8-17/h3-10,16,19H,11-15H2,1-2H3,(H,25,28). The second kappa shape index (κ2) is 10.1. The van der Waals surface area contributed by atoms with E-state index in [1.165, 1.54) is 0 Å². The van der Waals surface area contributed by atoms with Crippen molar-refractivity contribution >= 4 is 27.6 Å². The summed E-state index contributed by atoms with van der Waals surface area (Å²) in [4.78, 5) is 28.1. The molecular formula is C23H27BrN2O3. The molecule has 1 atom stereocenters. The number of hydrogen-bond donors (Lipinski definition) is 1. The summed E-state index contributed by atoms with van der Waals surface area (Å²) in [7, 11) is 0. The van der Waals surface area contributed by atoms with Gasteiger partial charge in [-0.1, -0.05) is 48.0 Å². The highest BCUT2D eigenvalue weighted by Gasteiger charge is 2.23. The number of nitrogens with zero attached hydrogens (tertiary/aromatic N) is 1. The second-order valence-electron chi connectivity index (χ2n) is 7.74. The summed E-state index contributed by atoms with van der Waals surface area (Å²) in [5, 5.41) is 2.95. The van der Waals surface area contributed by atoms with Crippen molar-refractivity contribution in [3.05, 3.63) is 69.7 Å². The molecule has 1 N–H and O–H groups in total. The Hall–Kier alpha value is -2.02. The lowest BCUT2D eigenvalue weighted by Crippen LogP contribution is -2.48. The molecule has 2 aromatic carbocycles. The van der Waals surface area contributed by atoms with Crippen LogP contribution in [0.25, 0.3) is 0 Å². The van der Waals surface area contributed by atoms with Crippen LogP contribution in [0.3, 0.4) is 0 Å². The third-order valence-corrected chi connectivity index (χ3v) is 5.39. The molecule has 1 heterocycles. The molecule has 29 heavy (non-hydrogen) atoms. The van der Waals surface area contributed by atoms with E-state index in [2.05, 4.69) is 40.0 Å². The number of rotatable bonds is 7. The summed E-state index contributed by atoms with van der Waals surface area (Å²) in [5.74, 6) is 0.177. The van der Waals surface area contributed by atoms with Gasteiger partial charge < -0.3 is 10.1 Å². The van der Waals surface area contributed by atoms with Crippen LogP contribution in [0.1, 0.15) is 40.1 Å². The lowest BCUT2D eigenvalue weighted by molar-refractivity contribution is -0.0295. The van der Waals surface area contributed by atoms with Crippen LogP contribution in [0.15, 0.2) is 53.0 Å². The van der Waals surface area contributed by atoms with Gasteiger partial charge in [0, 0.05) is 41.8 Å². The molecule has 5 nitrogen and oxygen atoms in total. The van der Waals surface area contributed by atoms with Gasteiger partial charge >= 0.3 is 0 Å². The van der Waals surface area contributed by atoms with Gasteiger partial charge in [0.2, 0.25) is 0 Å². The molecule has 1 fully saturated rings. The number of hydrogen-bond acceptors (Lipinski definition) is 4. The summed E-state index contributed by atoms with van der Waals surface area (Å²) in [5.41, 5.74) is 1.34. The van der Waals surface area contributed by atoms with E-state index < -0.39 is 0 Å². The number of amides is 1. The Morgan fingerprint density at radius 3 is 2.52 bits per heavy atom. The zero-order valence-corrected chi connectivity index (χ0v) is 18.4. The monoisotopic (exact) mass is 458 g/mol. The summed E-state index contributed by atoms with van der Waals surface area (Å²) < 4.78 is 6.71. The highest BCUT2D eigenvalue weighted by molar-refractivity contribution is 9.10. The molecule has 0 saturated carbocycles. The third-order valence-electron chi connectivity index (χ3n) is 4.86. The first-order valence-electron chi connectivity index (χ1n) is 9.95. The molecule has 1 saturated heterocycles. The molecule has 3 rings (SSSR count). The number of ketones is 1. The van der Waals surface area contributed by atoms with Crippen LogP contribution in [-0.4, -0.2) is 55.5 Å². The highest BCUT2D eigenvalue weighted by Crippen LogP contribution is 2.17. The van der Waals surface area contributed by atoms with Crippen LogP contribution in [-0.2, 0) is 4.74 Å². The van der Waals surface area contributed by atoms with E-state index in [0.29, 0.717) is 35.8 Å². The molecule has 0 radical (unpaired) electrons. The Kier molecular flexibility index (Phi) is 7.58. The smallest absolute Gasteiger partial charge is 0.252 e. The molecule has 2 aromatic rings. The van der Waals surface area contributed by atoms with E-state index in [1.54, 1.807) is 36.4 Å².